The lowest BCUT2D eigenvalue weighted by molar-refractivity contribution is -0.208. The number of rotatable bonds is 14. The fraction of sp³-hybridized carbons (Fsp3) is 0.774. The van der Waals surface area contributed by atoms with Crippen LogP contribution in [0.5, 0.6) is 0 Å². The van der Waals surface area contributed by atoms with Crippen molar-refractivity contribution in [1.82, 2.24) is 0 Å². The van der Waals surface area contributed by atoms with Crippen LogP contribution in [0.2, 0.25) is 0 Å². The molecule has 3 aliphatic rings. The molecule has 2 heterocycles. The van der Waals surface area contributed by atoms with Crippen LogP contribution in [0.1, 0.15) is 97.3 Å². The summed E-state index contributed by atoms with van der Waals surface area (Å²) in [5, 5.41) is 19.9. The maximum atomic E-state index is 11.1. The van der Waals surface area contributed by atoms with Gasteiger partial charge in [0.1, 0.15) is 0 Å². The summed E-state index contributed by atoms with van der Waals surface area (Å²) in [6.45, 7) is 5.40. The van der Waals surface area contributed by atoms with Crippen LogP contribution in [0, 0.1) is 23.7 Å². The van der Waals surface area contributed by atoms with Crippen molar-refractivity contribution in [3.63, 3.8) is 0 Å². The molecule has 3 unspecified atom stereocenters. The SMILES string of the molecule is CC#CCCC(C)(/C=C/[C@@H]1[C@@H](C/C=C\CCCC(=O)O)[C@@H](O)C[C@H]1OC1CCCCO1)OC1CCCCO1. The topological polar surface area (TPSA) is 94.5 Å². The number of hydrogen-bond acceptors (Lipinski definition) is 6. The number of carbonyl (C=O) groups is 1. The Labute approximate surface area is 228 Å². The maximum Gasteiger partial charge on any atom is 0.303 e. The smallest absolute Gasteiger partial charge is 0.303 e. The molecule has 0 radical (unpaired) electrons. The average Bonchev–Trinajstić information content (AvgIpc) is 3.19. The van der Waals surface area contributed by atoms with Crippen LogP contribution in [0.15, 0.2) is 24.3 Å². The quantitative estimate of drug-likeness (QED) is 0.167. The lowest BCUT2D eigenvalue weighted by Gasteiger charge is -2.34. The lowest BCUT2D eigenvalue weighted by atomic mass is 9.87. The second-order valence-electron chi connectivity index (χ2n) is 11.0. The number of aliphatic hydroxyl groups is 1. The molecule has 38 heavy (non-hydrogen) atoms. The van der Waals surface area contributed by atoms with E-state index in [1.807, 2.05) is 13.0 Å². The van der Waals surface area contributed by atoms with Crippen molar-refractivity contribution in [2.75, 3.05) is 13.2 Å². The molecule has 7 heteroatoms. The first kappa shape index (κ1) is 30.8. The van der Waals surface area contributed by atoms with Crippen molar-refractivity contribution in [2.24, 2.45) is 11.8 Å². The van der Waals surface area contributed by atoms with Crippen molar-refractivity contribution >= 4 is 5.97 Å². The van der Waals surface area contributed by atoms with Gasteiger partial charge in [-0.05, 0) is 84.0 Å². The minimum absolute atomic E-state index is 0.00109. The molecule has 2 N–H and O–H groups in total. The normalized spacial score (nSPS) is 31.8. The lowest BCUT2D eigenvalue weighted by Crippen LogP contribution is -2.36. The maximum absolute atomic E-state index is 11.1. The number of hydrogen-bond donors (Lipinski definition) is 2. The van der Waals surface area contributed by atoms with E-state index in [4.69, 9.17) is 24.1 Å². The Morgan fingerprint density at radius 2 is 1.84 bits per heavy atom. The van der Waals surface area contributed by atoms with E-state index in [1.165, 1.54) is 0 Å². The van der Waals surface area contributed by atoms with Crippen LogP contribution in [-0.4, -0.2) is 59.8 Å². The van der Waals surface area contributed by atoms with Crippen LogP contribution in [-0.2, 0) is 23.7 Å². The number of unbranched alkanes of at least 4 members (excludes halogenated alkanes) is 1. The van der Waals surface area contributed by atoms with Gasteiger partial charge in [0.2, 0.25) is 0 Å². The average molecular weight is 533 g/mol. The van der Waals surface area contributed by atoms with Gasteiger partial charge in [-0.1, -0.05) is 24.3 Å². The van der Waals surface area contributed by atoms with Gasteiger partial charge in [-0.3, -0.25) is 4.79 Å². The zero-order chi connectivity index (χ0) is 27.2. The largest absolute Gasteiger partial charge is 0.481 e. The first-order chi connectivity index (χ1) is 18.4. The van der Waals surface area contributed by atoms with Crippen molar-refractivity contribution in [1.29, 1.82) is 0 Å². The first-order valence-corrected chi connectivity index (χ1v) is 14.6. The van der Waals surface area contributed by atoms with Crippen LogP contribution < -0.4 is 0 Å². The fourth-order valence-electron chi connectivity index (χ4n) is 5.62. The summed E-state index contributed by atoms with van der Waals surface area (Å²) in [6.07, 6.45) is 17.8. The number of ether oxygens (including phenoxy) is 4. The highest BCUT2D eigenvalue weighted by atomic mass is 16.7. The molecule has 0 aromatic carbocycles. The molecule has 0 spiro atoms. The second kappa shape index (κ2) is 16.4. The third-order valence-corrected chi connectivity index (χ3v) is 7.83. The van der Waals surface area contributed by atoms with Crippen LogP contribution in [0.4, 0.5) is 0 Å². The van der Waals surface area contributed by atoms with Crippen LogP contribution in [0.3, 0.4) is 0 Å². The van der Waals surface area contributed by atoms with E-state index < -0.39 is 17.7 Å². The Balaban J connectivity index is 1.73. The minimum atomic E-state index is -0.770. The zero-order valence-electron chi connectivity index (χ0n) is 23.3. The highest BCUT2D eigenvalue weighted by Gasteiger charge is 2.43. The van der Waals surface area contributed by atoms with Crippen molar-refractivity contribution in [2.45, 2.75) is 128 Å². The summed E-state index contributed by atoms with van der Waals surface area (Å²) in [5.74, 6) is 5.39. The van der Waals surface area contributed by atoms with Gasteiger partial charge >= 0.3 is 5.97 Å². The molecule has 3 fully saturated rings. The highest BCUT2D eigenvalue weighted by Crippen LogP contribution is 2.40. The molecule has 2 aliphatic heterocycles. The molecule has 0 amide bonds. The molecule has 2 saturated heterocycles. The number of aliphatic hydroxyl groups excluding tert-OH is 1. The van der Waals surface area contributed by atoms with E-state index in [0.29, 0.717) is 25.9 Å². The molecule has 0 aromatic rings. The van der Waals surface area contributed by atoms with E-state index >= 15 is 0 Å². The predicted octanol–water partition coefficient (Wildman–Crippen LogP) is 5.76. The summed E-state index contributed by atoms with van der Waals surface area (Å²) >= 11 is 0. The fourth-order valence-corrected chi connectivity index (χ4v) is 5.62. The van der Waals surface area contributed by atoms with Gasteiger partial charge in [0, 0.05) is 38.4 Å². The van der Waals surface area contributed by atoms with Gasteiger partial charge in [-0.2, -0.15) is 0 Å². The molecule has 214 valence electrons. The molecule has 7 nitrogen and oxygen atoms in total. The summed E-state index contributed by atoms with van der Waals surface area (Å²) in [4.78, 5) is 10.8. The Hall–Kier alpha value is -1.69. The number of allylic oxidation sites excluding steroid dienone is 2. The second-order valence-corrected chi connectivity index (χ2v) is 11.0. The molecule has 1 aliphatic carbocycles. The Kier molecular flexibility index (Phi) is 13.3. The summed E-state index contributed by atoms with van der Waals surface area (Å²) < 4.78 is 24.7. The summed E-state index contributed by atoms with van der Waals surface area (Å²) in [6, 6.07) is 0. The molecule has 1 saturated carbocycles. The Morgan fingerprint density at radius 1 is 1.11 bits per heavy atom. The summed E-state index contributed by atoms with van der Waals surface area (Å²) in [5.41, 5.74) is -0.539. The standard InChI is InChI=1S/C31H48O7/c1-3-4-11-19-31(2,38-30-17-10-13-22-36-30)20-18-25-24(14-7-5-6-8-15-28(33)34)26(32)23-27(25)37-29-16-9-12-21-35-29/h5,7,18,20,24-27,29-30,32H,6,8-17,19,21-23H2,1-2H3,(H,33,34)/b7-5-,20-18+/t24-,25-,26+,27-,29?,30?,31?/m1/s1. The molecular weight excluding hydrogens is 484 g/mol. The molecular formula is C31H48O7. The zero-order valence-corrected chi connectivity index (χ0v) is 23.3. The van der Waals surface area contributed by atoms with E-state index in [1.54, 1.807) is 0 Å². The Morgan fingerprint density at radius 3 is 2.50 bits per heavy atom. The third-order valence-electron chi connectivity index (χ3n) is 7.83. The van der Waals surface area contributed by atoms with Crippen LogP contribution >= 0.6 is 0 Å². The Bertz CT molecular complexity index is 816. The van der Waals surface area contributed by atoms with E-state index in [0.717, 1.165) is 64.4 Å². The number of aliphatic carboxylic acids is 1. The van der Waals surface area contributed by atoms with E-state index in [-0.39, 0.29) is 36.9 Å². The molecule has 3 rings (SSSR count). The number of carboxylic acid groups (broad SMARTS) is 1. The van der Waals surface area contributed by atoms with Crippen molar-refractivity contribution in [3.8, 4) is 11.8 Å². The molecule has 0 aromatic heterocycles. The van der Waals surface area contributed by atoms with Crippen LogP contribution in [0.25, 0.3) is 0 Å². The monoisotopic (exact) mass is 532 g/mol. The molecule has 0 bridgehead atoms. The first-order valence-electron chi connectivity index (χ1n) is 14.6. The predicted molar refractivity (Wildman–Crippen MR) is 146 cm³/mol. The van der Waals surface area contributed by atoms with Gasteiger partial charge < -0.3 is 29.2 Å². The molecule has 7 atom stereocenters. The number of carboxylic acids is 1. The van der Waals surface area contributed by atoms with E-state index in [9.17, 15) is 9.90 Å². The minimum Gasteiger partial charge on any atom is -0.481 e. The van der Waals surface area contributed by atoms with Gasteiger partial charge in [0.15, 0.2) is 12.6 Å². The summed E-state index contributed by atoms with van der Waals surface area (Å²) in [7, 11) is 0. The van der Waals surface area contributed by atoms with E-state index in [2.05, 4.69) is 37.0 Å². The van der Waals surface area contributed by atoms with Crippen molar-refractivity contribution in [3.05, 3.63) is 24.3 Å². The highest BCUT2D eigenvalue weighted by molar-refractivity contribution is 5.66. The van der Waals surface area contributed by atoms with Gasteiger partial charge in [-0.15, -0.1) is 11.8 Å². The third kappa shape index (κ3) is 10.5. The van der Waals surface area contributed by atoms with Crippen molar-refractivity contribution < 1.29 is 34.0 Å². The van der Waals surface area contributed by atoms with Gasteiger partial charge in [-0.25, -0.2) is 0 Å². The van der Waals surface area contributed by atoms with Gasteiger partial charge in [0.05, 0.1) is 17.8 Å². The van der Waals surface area contributed by atoms with Gasteiger partial charge in [0.25, 0.3) is 0 Å².